The summed E-state index contributed by atoms with van der Waals surface area (Å²) in [6.07, 6.45) is 0.414. The number of likely N-dealkylation sites (N-methyl/N-ethyl adjacent to an activating group) is 1. The summed E-state index contributed by atoms with van der Waals surface area (Å²) in [4.78, 5) is 28.5. The van der Waals surface area contributed by atoms with Crippen molar-refractivity contribution in [2.45, 2.75) is 52.6 Å². The molecule has 0 heterocycles. The molecule has 0 aliphatic heterocycles. The first kappa shape index (κ1) is 27.5. The van der Waals surface area contributed by atoms with Crippen molar-refractivity contribution in [1.29, 1.82) is 0 Å². The van der Waals surface area contributed by atoms with E-state index in [-0.39, 0.29) is 18.4 Å². The van der Waals surface area contributed by atoms with Gasteiger partial charge in [0.25, 0.3) is 5.91 Å². The number of carbonyl (C=O) groups is 2. The fourth-order valence-corrected chi connectivity index (χ4v) is 4.58. The van der Waals surface area contributed by atoms with Crippen molar-refractivity contribution in [3.63, 3.8) is 0 Å². The van der Waals surface area contributed by atoms with Crippen LogP contribution in [0.3, 0.4) is 0 Å². The molecular formula is C30H35BrN2O3. The van der Waals surface area contributed by atoms with Crippen LogP contribution in [0, 0.1) is 6.92 Å². The second kappa shape index (κ2) is 13.3. The summed E-state index contributed by atoms with van der Waals surface area (Å²) in [5.74, 6) is 0.562. The van der Waals surface area contributed by atoms with Gasteiger partial charge in [-0.3, -0.25) is 9.59 Å². The number of carbonyl (C=O) groups excluding carboxylic acids is 2. The first-order valence-electron chi connectivity index (χ1n) is 12.4. The van der Waals surface area contributed by atoms with Gasteiger partial charge in [-0.15, -0.1) is 0 Å². The van der Waals surface area contributed by atoms with Crippen LogP contribution >= 0.6 is 15.9 Å². The van der Waals surface area contributed by atoms with E-state index >= 15 is 0 Å². The number of ether oxygens (including phenoxy) is 1. The van der Waals surface area contributed by atoms with Crippen LogP contribution in [0.5, 0.6) is 5.75 Å². The molecule has 0 spiro atoms. The van der Waals surface area contributed by atoms with Gasteiger partial charge < -0.3 is 15.0 Å². The summed E-state index contributed by atoms with van der Waals surface area (Å²) in [7, 11) is 0. The van der Waals surface area contributed by atoms with Gasteiger partial charge in [0.05, 0.1) is 4.47 Å². The van der Waals surface area contributed by atoms with Crippen molar-refractivity contribution in [3.05, 3.63) is 99.5 Å². The van der Waals surface area contributed by atoms with Crippen LogP contribution in [0.15, 0.2) is 77.3 Å². The highest BCUT2D eigenvalue weighted by Gasteiger charge is 2.30. The lowest BCUT2D eigenvalue weighted by molar-refractivity contribution is -0.142. The molecule has 0 unspecified atom stereocenters. The molecule has 5 nitrogen and oxygen atoms in total. The Balaban J connectivity index is 1.88. The Hall–Kier alpha value is -3.12. The maximum Gasteiger partial charge on any atom is 0.261 e. The molecule has 0 fully saturated rings. The molecule has 0 aliphatic carbocycles. The SMILES string of the molecule is CCNC(=O)[C@H](Cc1ccccc1)N(Cc1cccc(C)c1)C(=O)COc1ccc(C(C)C)cc1Br. The van der Waals surface area contributed by atoms with Gasteiger partial charge >= 0.3 is 0 Å². The van der Waals surface area contributed by atoms with Gasteiger partial charge in [0.1, 0.15) is 11.8 Å². The van der Waals surface area contributed by atoms with E-state index in [4.69, 9.17) is 4.74 Å². The predicted molar refractivity (Wildman–Crippen MR) is 148 cm³/mol. The van der Waals surface area contributed by atoms with Gasteiger partial charge in [0.15, 0.2) is 6.61 Å². The molecule has 2 amide bonds. The molecule has 3 aromatic rings. The Morgan fingerprint density at radius 2 is 1.69 bits per heavy atom. The summed E-state index contributed by atoms with van der Waals surface area (Å²) in [5, 5.41) is 2.92. The number of aryl methyl sites for hydroxylation is 1. The van der Waals surface area contributed by atoms with Crippen molar-refractivity contribution in [2.24, 2.45) is 0 Å². The van der Waals surface area contributed by atoms with E-state index < -0.39 is 6.04 Å². The van der Waals surface area contributed by atoms with E-state index in [1.54, 1.807) is 4.90 Å². The second-order valence-electron chi connectivity index (χ2n) is 9.24. The Kier molecular flexibility index (Phi) is 10.1. The lowest BCUT2D eigenvalue weighted by atomic mass is 10.0. The number of hydrogen-bond acceptors (Lipinski definition) is 3. The third-order valence-corrected chi connectivity index (χ3v) is 6.65. The largest absolute Gasteiger partial charge is 0.483 e. The zero-order valence-corrected chi connectivity index (χ0v) is 23.0. The second-order valence-corrected chi connectivity index (χ2v) is 10.1. The van der Waals surface area contributed by atoms with Crippen LogP contribution < -0.4 is 10.1 Å². The van der Waals surface area contributed by atoms with Gasteiger partial charge in [-0.1, -0.05) is 80.1 Å². The molecule has 190 valence electrons. The van der Waals surface area contributed by atoms with E-state index in [9.17, 15) is 9.59 Å². The van der Waals surface area contributed by atoms with Crippen molar-refractivity contribution < 1.29 is 14.3 Å². The molecule has 3 aromatic carbocycles. The van der Waals surface area contributed by atoms with Gasteiger partial charge in [0, 0.05) is 19.5 Å². The highest BCUT2D eigenvalue weighted by molar-refractivity contribution is 9.10. The van der Waals surface area contributed by atoms with E-state index in [1.165, 1.54) is 5.56 Å². The number of halogens is 1. The monoisotopic (exact) mass is 550 g/mol. The zero-order valence-electron chi connectivity index (χ0n) is 21.5. The van der Waals surface area contributed by atoms with Crippen molar-refractivity contribution in [2.75, 3.05) is 13.2 Å². The molecule has 1 atom stereocenters. The molecule has 1 N–H and O–H groups in total. The number of benzene rings is 3. The van der Waals surface area contributed by atoms with E-state index in [1.807, 2.05) is 86.6 Å². The van der Waals surface area contributed by atoms with Gasteiger partial charge in [-0.25, -0.2) is 0 Å². The van der Waals surface area contributed by atoms with Gasteiger partial charge in [0.2, 0.25) is 5.91 Å². The number of rotatable bonds is 11. The number of amides is 2. The first-order chi connectivity index (χ1) is 17.3. The van der Waals surface area contributed by atoms with E-state index in [2.05, 4.69) is 35.1 Å². The van der Waals surface area contributed by atoms with Crippen molar-refractivity contribution in [1.82, 2.24) is 10.2 Å². The minimum atomic E-state index is -0.671. The highest BCUT2D eigenvalue weighted by atomic mass is 79.9. The summed E-state index contributed by atoms with van der Waals surface area (Å²) in [5.41, 5.74) is 4.24. The minimum Gasteiger partial charge on any atom is -0.483 e. The minimum absolute atomic E-state index is 0.171. The number of nitrogens with zero attached hydrogens (tertiary/aromatic N) is 1. The third kappa shape index (κ3) is 7.69. The fourth-order valence-electron chi connectivity index (χ4n) is 4.07. The Labute approximate surface area is 223 Å². The Bertz CT molecular complexity index is 1160. The van der Waals surface area contributed by atoms with Crippen molar-refractivity contribution >= 4 is 27.7 Å². The molecular weight excluding hydrogens is 516 g/mol. The Morgan fingerprint density at radius 1 is 0.972 bits per heavy atom. The molecule has 3 rings (SSSR count). The summed E-state index contributed by atoms with van der Waals surface area (Å²) < 4.78 is 6.75. The topological polar surface area (TPSA) is 58.6 Å². The number of nitrogens with one attached hydrogen (secondary N) is 1. The average molecular weight is 552 g/mol. The lowest BCUT2D eigenvalue weighted by Crippen LogP contribution is -2.51. The average Bonchev–Trinajstić information content (AvgIpc) is 2.86. The zero-order chi connectivity index (χ0) is 26.1. The lowest BCUT2D eigenvalue weighted by Gasteiger charge is -2.31. The van der Waals surface area contributed by atoms with E-state index in [0.29, 0.717) is 31.2 Å². The van der Waals surface area contributed by atoms with Crippen LogP contribution in [0.2, 0.25) is 0 Å². The first-order valence-corrected chi connectivity index (χ1v) is 13.2. The summed E-state index contributed by atoms with van der Waals surface area (Å²) >= 11 is 3.57. The molecule has 0 aromatic heterocycles. The maximum atomic E-state index is 13.6. The molecule has 0 radical (unpaired) electrons. The molecule has 0 bridgehead atoms. The highest BCUT2D eigenvalue weighted by Crippen LogP contribution is 2.29. The van der Waals surface area contributed by atoms with Crippen LogP contribution in [-0.2, 0) is 22.6 Å². The van der Waals surface area contributed by atoms with Crippen LogP contribution in [0.1, 0.15) is 48.9 Å². The number of hydrogen-bond donors (Lipinski definition) is 1. The summed E-state index contributed by atoms with van der Waals surface area (Å²) in [6.45, 7) is 8.78. The molecule has 0 saturated heterocycles. The van der Waals surface area contributed by atoms with Gasteiger partial charge in [-0.05, 0) is 64.5 Å². The summed E-state index contributed by atoms with van der Waals surface area (Å²) in [6, 6.07) is 23.0. The Morgan fingerprint density at radius 3 is 2.33 bits per heavy atom. The standard InChI is InChI=1S/C30H35BrN2O3/c1-5-32-30(35)27(17-23-11-7-6-8-12-23)33(19-24-13-9-10-22(4)16-24)29(34)20-36-28-15-14-25(21(2)3)18-26(28)31/h6-16,18,21,27H,5,17,19-20H2,1-4H3,(H,32,35)/t27-/m0/s1. The van der Waals surface area contributed by atoms with Crippen LogP contribution in [0.25, 0.3) is 0 Å². The molecule has 36 heavy (non-hydrogen) atoms. The van der Waals surface area contributed by atoms with E-state index in [0.717, 1.165) is 21.2 Å². The quantitative estimate of drug-likeness (QED) is 0.316. The molecule has 0 aliphatic rings. The van der Waals surface area contributed by atoms with Crippen LogP contribution in [-0.4, -0.2) is 35.9 Å². The smallest absolute Gasteiger partial charge is 0.261 e. The maximum absolute atomic E-state index is 13.6. The third-order valence-electron chi connectivity index (χ3n) is 6.03. The molecule has 6 heteroatoms. The normalized spacial score (nSPS) is 11.7. The fraction of sp³-hybridized carbons (Fsp3) is 0.333. The molecule has 0 saturated carbocycles. The van der Waals surface area contributed by atoms with Crippen LogP contribution in [0.4, 0.5) is 0 Å². The van der Waals surface area contributed by atoms with Gasteiger partial charge in [-0.2, -0.15) is 0 Å². The predicted octanol–water partition coefficient (Wildman–Crippen LogP) is 6.04. The van der Waals surface area contributed by atoms with Crippen molar-refractivity contribution in [3.8, 4) is 5.75 Å².